The van der Waals surface area contributed by atoms with E-state index in [1.54, 1.807) is 18.4 Å². The molecule has 0 aliphatic rings. The van der Waals surface area contributed by atoms with E-state index in [9.17, 15) is 0 Å². The second-order valence-corrected chi connectivity index (χ2v) is 1.77. The van der Waals surface area contributed by atoms with E-state index in [2.05, 4.69) is 4.74 Å². The van der Waals surface area contributed by atoms with Gasteiger partial charge >= 0.3 is 0 Å². The van der Waals surface area contributed by atoms with E-state index in [1.807, 2.05) is 32.1 Å². The van der Waals surface area contributed by atoms with Gasteiger partial charge in [0.2, 0.25) is 0 Å². The van der Waals surface area contributed by atoms with Crippen LogP contribution < -0.4 is 0 Å². The van der Waals surface area contributed by atoms with E-state index >= 15 is 0 Å². The molecule has 0 saturated carbocycles. The molecule has 0 aliphatic carbocycles. The first-order valence-electron chi connectivity index (χ1n) is 3.36. The molecule has 2 heteroatoms. The van der Waals surface area contributed by atoms with Crippen LogP contribution in [-0.4, -0.2) is 0 Å². The lowest BCUT2D eigenvalue weighted by atomic mass is 10.4. The lowest BCUT2D eigenvalue weighted by Crippen LogP contribution is -1.77. The van der Waals surface area contributed by atoms with Crippen LogP contribution in [0.3, 0.4) is 0 Å². The zero-order chi connectivity index (χ0) is 8.53. The molecular weight excluding hydrogens is 138 g/mol. The molecule has 0 aromatic heterocycles. The summed E-state index contributed by atoms with van der Waals surface area (Å²) in [4.78, 5) is 0. The van der Waals surface area contributed by atoms with Crippen LogP contribution in [0, 0.1) is 11.5 Å². The van der Waals surface area contributed by atoms with Gasteiger partial charge < -0.3 is 4.74 Å². The number of nitriles is 1. The van der Waals surface area contributed by atoms with Crippen LogP contribution in [0.15, 0.2) is 36.1 Å². The number of nitrogens with zero attached hydrogens (tertiary/aromatic N) is 1. The van der Waals surface area contributed by atoms with Crippen molar-refractivity contribution in [2.75, 3.05) is 0 Å². The van der Waals surface area contributed by atoms with Crippen molar-refractivity contribution in [3.8, 4) is 6.26 Å². The van der Waals surface area contributed by atoms with Crippen LogP contribution >= 0.6 is 0 Å². The minimum absolute atomic E-state index is 0.561. The Morgan fingerprint density at radius 1 is 1.36 bits per heavy atom. The molecule has 0 fully saturated rings. The Hall–Kier alpha value is -1.49. The maximum Gasteiger partial charge on any atom is 0.292 e. The van der Waals surface area contributed by atoms with E-state index in [0.717, 1.165) is 0 Å². The number of hydrogen-bond acceptors (Lipinski definition) is 2. The Labute approximate surface area is 67.1 Å². The first-order chi connectivity index (χ1) is 5.35. The summed E-state index contributed by atoms with van der Waals surface area (Å²) in [5, 5.41) is 8.16. The Balaban J connectivity index is 4.01. The van der Waals surface area contributed by atoms with Crippen LogP contribution in [0.25, 0.3) is 0 Å². The third-order valence-electron chi connectivity index (χ3n) is 1.01. The van der Waals surface area contributed by atoms with Crippen molar-refractivity contribution >= 4 is 0 Å². The monoisotopic (exact) mass is 149 g/mol. The molecule has 2 nitrogen and oxygen atoms in total. The summed E-state index contributed by atoms with van der Waals surface area (Å²) in [5.74, 6) is 0.561. The summed E-state index contributed by atoms with van der Waals surface area (Å²) < 4.78 is 4.58. The molecule has 58 valence electrons. The van der Waals surface area contributed by atoms with Crippen LogP contribution in [0.4, 0.5) is 0 Å². The maximum atomic E-state index is 8.16. The van der Waals surface area contributed by atoms with Gasteiger partial charge in [-0.25, -0.2) is 0 Å². The second-order valence-electron chi connectivity index (χ2n) is 1.77. The van der Waals surface area contributed by atoms with Crippen molar-refractivity contribution in [3.05, 3.63) is 36.1 Å². The molecule has 0 unspecified atom stereocenters. The zero-order valence-corrected chi connectivity index (χ0v) is 6.74. The van der Waals surface area contributed by atoms with Crippen molar-refractivity contribution in [2.24, 2.45) is 0 Å². The Morgan fingerprint density at radius 2 is 2.09 bits per heavy atom. The van der Waals surface area contributed by atoms with Gasteiger partial charge in [0.15, 0.2) is 0 Å². The van der Waals surface area contributed by atoms with Crippen molar-refractivity contribution in [1.29, 1.82) is 5.26 Å². The highest BCUT2D eigenvalue weighted by atomic mass is 16.5. The average Bonchev–Trinajstić information content (AvgIpc) is 2.03. The number of hydrogen-bond donors (Lipinski definition) is 0. The average molecular weight is 149 g/mol. The standard InChI is InChI=1S/C9H11NO/c1-3-5-6-7-9(4-2)11-8-10/h3-7H,1-2H3/b5-3-,7-6-,9-4+. The van der Waals surface area contributed by atoms with E-state index in [0.29, 0.717) is 5.76 Å². The molecule has 0 aromatic rings. The van der Waals surface area contributed by atoms with Crippen molar-refractivity contribution in [3.63, 3.8) is 0 Å². The lowest BCUT2D eigenvalue weighted by Gasteiger charge is -1.91. The smallest absolute Gasteiger partial charge is 0.292 e. The fourth-order valence-corrected chi connectivity index (χ4v) is 0.503. The highest BCUT2D eigenvalue weighted by Crippen LogP contribution is 1.97. The molecule has 0 N–H and O–H groups in total. The summed E-state index contributed by atoms with van der Waals surface area (Å²) in [7, 11) is 0. The van der Waals surface area contributed by atoms with Crippen molar-refractivity contribution < 1.29 is 4.74 Å². The zero-order valence-electron chi connectivity index (χ0n) is 6.74. The van der Waals surface area contributed by atoms with Gasteiger partial charge in [0.1, 0.15) is 5.76 Å². The molecule has 0 aliphatic heterocycles. The van der Waals surface area contributed by atoms with E-state index in [4.69, 9.17) is 5.26 Å². The van der Waals surface area contributed by atoms with Crippen LogP contribution in [0.1, 0.15) is 13.8 Å². The Kier molecular flexibility index (Phi) is 5.73. The minimum Gasteiger partial charge on any atom is -0.388 e. The van der Waals surface area contributed by atoms with Crippen LogP contribution in [0.2, 0.25) is 0 Å². The highest BCUT2D eigenvalue weighted by Gasteiger charge is 1.85. The van der Waals surface area contributed by atoms with Gasteiger partial charge in [-0.2, -0.15) is 0 Å². The SMILES string of the molecule is C\C=C/C=C\C(=C/C)OC#N. The third-order valence-corrected chi connectivity index (χ3v) is 1.01. The molecular formula is C9H11NO. The minimum atomic E-state index is 0.561. The Bertz CT molecular complexity index is 218. The summed E-state index contributed by atoms with van der Waals surface area (Å²) in [6.45, 7) is 3.73. The summed E-state index contributed by atoms with van der Waals surface area (Å²) >= 11 is 0. The lowest BCUT2D eigenvalue weighted by molar-refractivity contribution is 0.392. The van der Waals surface area contributed by atoms with Crippen molar-refractivity contribution in [1.82, 2.24) is 0 Å². The maximum absolute atomic E-state index is 8.16. The Morgan fingerprint density at radius 3 is 2.55 bits per heavy atom. The fraction of sp³-hybridized carbons (Fsp3) is 0.222. The highest BCUT2D eigenvalue weighted by molar-refractivity contribution is 5.17. The second kappa shape index (κ2) is 6.63. The van der Waals surface area contributed by atoms with Gasteiger partial charge in [-0.1, -0.05) is 18.2 Å². The molecule has 0 radical (unpaired) electrons. The van der Waals surface area contributed by atoms with E-state index in [1.165, 1.54) is 0 Å². The molecule has 0 spiro atoms. The molecule has 0 bridgehead atoms. The molecule has 0 heterocycles. The normalized spacial score (nSPS) is 12.3. The van der Waals surface area contributed by atoms with Crippen LogP contribution in [-0.2, 0) is 4.74 Å². The van der Waals surface area contributed by atoms with E-state index in [-0.39, 0.29) is 0 Å². The largest absolute Gasteiger partial charge is 0.388 e. The van der Waals surface area contributed by atoms with Gasteiger partial charge in [0.25, 0.3) is 6.26 Å². The van der Waals surface area contributed by atoms with Gasteiger partial charge in [-0.3, -0.25) is 0 Å². The molecule has 0 rings (SSSR count). The first kappa shape index (κ1) is 9.51. The van der Waals surface area contributed by atoms with Crippen molar-refractivity contribution in [2.45, 2.75) is 13.8 Å². The van der Waals surface area contributed by atoms with Gasteiger partial charge in [-0.15, -0.1) is 5.26 Å². The van der Waals surface area contributed by atoms with E-state index < -0.39 is 0 Å². The molecule has 0 atom stereocenters. The fourth-order valence-electron chi connectivity index (χ4n) is 0.503. The predicted octanol–water partition coefficient (Wildman–Crippen LogP) is 2.52. The van der Waals surface area contributed by atoms with Gasteiger partial charge in [0, 0.05) is 0 Å². The van der Waals surface area contributed by atoms with Gasteiger partial charge in [-0.05, 0) is 26.0 Å². The van der Waals surface area contributed by atoms with Gasteiger partial charge in [0.05, 0.1) is 0 Å². The molecule has 0 aromatic carbocycles. The molecule has 11 heavy (non-hydrogen) atoms. The topological polar surface area (TPSA) is 33.0 Å². The first-order valence-corrected chi connectivity index (χ1v) is 3.36. The predicted molar refractivity (Wildman–Crippen MR) is 44.4 cm³/mol. The summed E-state index contributed by atoms with van der Waals surface area (Å²) in [6, 6.07) is 0. The molecule has 0 saturated heterocycles. The van der Waals surface area contributed by atoms with Crippen LogP contribution in [0.5, 0.6) is 0 Å². The summed E-state index contributed by atoms with van der Waals surface area (Å²) in [6.07, 6.45) is 10.6. The number of rotatable bonds is 3. The summed E-state index contributed by atoms with van der Waals surface area (Å²) in [5.41, 5.74) is 0. The quantitative estimate of drug-likeness (QED) is 0.351. The third kappa shape index (κ3) is 4.98. The number of ether oxygens (including phenoxy) is 1. The number of allylic oxidation sites excluding steroid dienone is 5. The molecule has 0 amide bonds.